The summed E-state index contributed by atoms with van der Waals surface area (Å²) in [5, 5.41) is 3.20. The average Bonchev–Trinajstić information content (AvgIpc) is 2.67. The Kier molecular flexibility index (Phi) is 6.32. The molecule has 2 amide bonds. The number of ether oxygens (including phenoxy) is 2. The average molecular weight is 389 g/mol. The number of halogens is 1. The topological polar surface area (TPSA) is 67.9 Å². The maximum absolute atomic E-state index is 12.6. The van der Waals surface area contributed by atoms with Crippen LogP contribution in [0.15, 0.2) is 48.5 Å². The van der Waals surface area contributed by atoms with Crippen molar-refractivity contribution in [3.8, 4) is 5.75 Å². The molecule has 1 unspecified atom stereocenters. The predicted molar refractivity (Wildman–Crippen MR) is 103 cm³/mol. The molecule has 0 aromatic heterocycles. The van der Waals surface area contributed by atoms with Crippen LogP contribution in [-0.4, -0.2) is 49.1 Å². The van der Waals surface area contributed by atoms with Crippen LogP contribution in [0, 0.1) is 0 Å². The summed E-state index contributed by atoms with van der Waals surface area (Å²) in [4.78, 5) is 26.7. The molecule has 1 fully saturated rings. The number of amides is 2. The lowest BCUT2D eigenvalue weighted by molar-refractivity contribution is -0.140. The molecule has 0 saturated carbocycles. The van der Waals surface area contributed by atoms with Gasteiger partial charge in [-0.15, -0.1) is 0 Å². The number of carbonyl (C=O) groups is 2. The molecule has 0 spiro atoms. The van der Waals surface area contributed by atoms with Gasteiger partial charge in [0.25, 0.3) is 11.8 Å². The van der Waals surface area contributed by atoms with E-state index in [1.165, 1.54) is 6.07 Å². The normalized spacial score (nSPS) is 16.7. The van der Waals surface area contributed by atoms with Crippen molar-refractivity contribution < 1.29 is 19.1 Å². The van der Waals surface area contributed by atoms with Crippen molar-refractivity contribution in [2.45, 2.75) is 13.0 Å². The van der Waals surface area contributed by atoms with Crippen LogP contribution >= 0.6 is 11.6 Å². The number of nitrogens with zero attached hydrogens (tertiary/aromatic N) is 1. The molecule has 3 rings (SSSR count). The largest absolute Gasteiger partial charge is 0.483 e. The van der Waals surface area contributed by atoms with Crippen LogP contribution < -0.4 is 10.1 Å². The van der Waals surface area contributed by atoms with Crippen molar-refractivity contribution in [1.82, 2.24) is 4.90 Å². The zero-order chi connectivity index (χ0) is 19.2. The third-order valence-corrected chi connectivity index (χ3v) is 4.40. The molecule has 2 aromatic rings. The number of hydrogen-bond acceptors (Lipinski definition) is 4. The lowest BCUT2D eigenvalue weighted by Gasteiger charge is -2.31. The molecule has 142 valence electrons. The molecule has 0 radical (unpaired) electrons. The van der Waals surface area contributed by atoms with Crippen molar-refractivity contribution in [3.63, 3.8) is 0 Å². The summed E-state index contributed by atoms with van der Waals surface area (Å²) in [5.41, 5.74) is 0.932. The van der Waals surface area contributed by atoms with Gasteiger partial charge in [-0.1, -0.05) is 29.8 Å². The highest BCUT2D eigenvalue weighted by Gasteiger charge is 2.22. The first-order chi connectivity index (χ1) is 13.0. The Balaban J connectivity index is 1.68. The van der Waals surface area contributed by atoms with E-state index < -0.39 is 0 Å². The quantitative estimate of drug-likeness (QED) is 0.854. The highest BCUT2D eigenvalue weighted by Crippen LogP contribution is 2.24. The first kappa shape index (κ1) is 19.2. The minimum atomic E-state index is -0.355. The lowest BCUT2D eigenvalue weighted by Crippen LogP contribution is -2.46. The Hall–Kier alpha value is -2.57. The van der Waals surface area contributed by atoms with Crippen LogP contribution in [0.3, 0.4) is 0 Å². The number of anilines is 1. The minimum absolute atomic E-state index is 0.00504. The number of hydrogen-bond donors (Lipinski definition) is 1. The van der Waals surface area contributed by atoms with Gasteiger partial charge in [-0.2, -0.15) is 0 Å². The van der Waals surface area contributed by atoms with Crippen molar-refractivity contribution in [1.29, 1.82) is 0 Å². The molecular weight excluding hydrogens is 368 g/mol. The smallest absolute Gasteiger partial charge is 0.260 e. The van der Waals surface area contributed by atoms with Crippen molar-refractivity contribution in [3.05, 3.63) is 59.1 Å². The highest BCUT2D eigenvalue weighted by atomic mass is 35.5. The second-order valence-electron chi connectivity index (χ2n) is 6.27. The molecular formula is C20H21ClN2O4. The standard InChI is InChI=1S/C20H21ClN2O4/c1-14-12-23(9-10-26-14)19(24)13-27-18-8-7-15(21)11-17(18)20(25)22-16-5-3-2-4-6-16/h2-8,11,14H,9-10,12-13H2,1H3,(H,22,25). The van der Waals surface area contributed by atoms with Crippen molar-refractivity contribution in [2.75, 3.05) is 31.6 Å². The molecule has 6 nitrogen and oxygen atoms in total. The van der Waals surface area contributed by atoms with Gasteiger partial charge in [0.2, 0.25) is 0 Å². The Morgan fingerprint density at radius 2 is 2.04 bits per heavy atom. The fourth-order valence-electron chi connectivity index (χ4n) is 2.80. The predicted octanol–water partition coefficient (Wildman–Crippen LogP) is 3.22. The number of nitrogens with one attached hydrogen (secondary N) is 1. The highest BCUT2D eigenvalue weighted by molar-refractivity contribution is 6.31. The molecule has 1 N–H and O–H groups in total. The maximum atomic E-state index is 12.6. The van der Waals surface area contributed by atoms with E-state index in [0.29, 0.717) is 36.2 Å². The minimum Gasteiger partial charge on any atom is -0.483 e. The van der Waals surface area contributed by atoms with Gasteiger partial charge >= 0.3 is 0 Å². The molecule has 27 heavy (non-hydrogen) atoms. The van der Waals surface area contributed by atoms with E-state index in [2.05, 4.69) is 5.32 Å². The van der Waals surface area contributed by atoms with Gasteiger partial charge < -0.3 is 19.7 Å². The molecule has 0 aliphatic carbocycles. The molecule has 1 atom stereocenters. The van der Waals surface area contributed by atoms with Gasteiger partial charge in [0.15, 0.2) is 6.61 Å². The second kappa shape index (κ2) is 8.88. The van der Waals surface area contributed by atoms with Crippen LogP contribution in [0.5, 0.6) is 5.75 Å². The van der Waals surface area contributed by atoms with Crippen LogP contribution in [0.25, 0.3) is 0 Å². The van der Waals surface area contributed by atoms with E-state index in [0.717, 1.165) is 0 Å². The summed E-state index contributed by atoms with van der Waals surface area (Å²) in [7, 11) is 0. The SMILES string of the molecule is CC1CN(C(=O)COc2ccc(Cl)cc2C(=O)Nc2ccccc2)CCO1. The van der Waals surface area contributed by atoms with Gasteiger partial charge in [0, 0.05) is 23.8 Å². The van der Waals surface area contributed by atoms with Crippen LogP contribution in [0.2, 0.25) is 5.02 Å². The van der Waals surface area contributed by atoms with Crippen molar-refractivity contribution in [2.24, 2.45) is 0 Å². The molecule has 1 aliphatic heterocycles. The number of benzene rings is 2. The molecule has 1 saturated heterocycles. The van der Waals surface area contributed by atoms with E-state index >= 15 is 0 Å². The third kappa shape index (κ3) is 5.21. The fourth-order valence-corrected chi connectivity index (χ4v) is 2.97. The summed E-state index contributed by atoms with van der Waals surface area (Å²) < 4.78 is 11.1. The van der Waals surface area contributed by atoms with Crippen molar-refractivity contribution >= 4 is 29.1 Å². The Bertz CT molecular complexity index is 813. The Labute approximate surface area is 163 Å². The maximum Gasteiger partial charge on any atom is 0.260 e. The number of morpholine rings is 1. The van der Waals surface area contributed by atoms with E-state index in [1.807, 2.05) is 25.1 Å². The molecule has 0 bridgehead atoms. The van der Waals surface area contributed by atoms with Gasteiger partial charge in [0.05, 0.1) is 18.3 Å². The van der Waals surface area contributed by atoms with Crippen LogP contribution in [-0.2, 0) is 9.53 Å². The molecule has 1 aliphatic rings. The van der Waals surface area contributed by atoms with E-state index in [1.54, 1.807) is 29.2 Å². The summed E-state index contributed by atoms with van der Waals surface area (Å²) in [6.45, 7) is 3.35. The lowest BCUT2D eigenvalue weighted by atomic mass is 10.1. The zero-order valence-electron chi connectivity index (χ0n) is 15.0. The first-order valence-corrected chi connectivity index (χ1v) is 9.09. The second-order valence-corrected chi connectivity index (χ2v) is 6.71. The molecule has 7 heteroatoms. The summed E-state index contributed by atoms with van der Waals surface area (Å²) in [5.74, 6) is -0.192. The Morgan fingerprint density at radius 1 is 1.26 bits per heavy atom. The number of carbonyl (C=O) groups excluding carboxylic acids is 2. The molecule has 2 aromatic carbocycles. The van der Waals surface area contributed by atoms with Crippen LogP contribution in [0.1, 0.15) is 17.3 Å². The summed E-state index contributed by atoms with van der Waals surface area (Å²) in [6, 6.07) is 13.8. The summed E-state index contributed by atoms with van der Waals surface area (Å²) in [6.07, 6.45) is 0.00504. The van der Waals surface area contributed by atoms with Gasteiger partial charge in [-0.05, 0) is 37.3 Å². The number of para-hydroxylation sites is 1. The van der Waals surface area contributed by atoms with E-state index in [9.17, 15) is 9.59 Å². The summed E-state index contributed by atoms with van der Waals surface area (Å²) >= 11 is 6.04. The van der Waals surface area contributed by atoms with E-state index in [-0.39, 0.29) is 30.1 Å². The first-order valence-electron chi connectivity index (χ1n) is 8.71. The van der Waals surface area contributed by atoms with E-state index in [4.69, 9.17) is 21.1 Å². The zero-order valence-corrected chi connectivity index (χ0v) is 15.7. The van der Waals surface area contributed by atoms with Gasteiger partial charge in [-0.3, -0.25) is 9.59 Å². The Morgan fingerprint density at radius 3 is 2.78 bits per heavy atom. The van der Waals surface area contributed by atoms with Gasteiger partial charge in [-0.25, -0.2) is 0 Å². The van der Waals surface area contributed by atoms with Crippen LogP contribution in [0.4, 0.5) is 5.69 Å². The molecule has 1 heterocycles. The number of rotatable bonds is 5. The fraction of sp³-hybridized carbons (Fsp3) is 0.300. The third-order valence-electron chi connectivity index (χ3n) is 4.16. The van der Waals surface area contributed by atoms with Gasteiger partial charge in [0.1, 0.15) is 5.75 Å². The monoisotopic (exact) mass is 388 g/mol.